The van der Waals surface area contributed by atoms with Crippen LogP contribution >= 0.6 is 38.9 Å². The SMILES string of the molecule is O=c1[nH]c(Cl)ncc1-c1ccc(Br)s1. The molecule has 0 radical (unpaired) electrons. The van der Waals surface area contributed by atoms with Gasteiger partial charge in [0.25, 0.3) is 5.56 Å². The lowest BCUT2D eigenvalue weighted by atomic mass is 10.3. The van der Waals surface area contributed by atoms with Crippen LogP contribution in [0.25, 0.3) is 10.4 Å². The minimum Gasteiger partial charge on any atom is -0.297 e. The van der Waals surface area contributed by atoms with Crippen molar-refractivity contribution < 1.29 is 0 Å². The molecule has 0 atom stereocenters. The Hall–Kier alpha value is -0.650. The molecule has 72 valence electrons. The van der Waals surface area contributed by atoms with Crippen LogP contribution in [0.1, 0.15) is 0 Å². The number of nitrogens with one attached hydrogen (secondary N) is 1. The van der Waals surface area contributed by atoms with Crippen LogP contribution < -0.4 is 5.56 Å². The van der Waals surface area contributed by atoms with E-state index in [-0.39, 0.29) is 10.8 Å². The average molecular weight is 292 g/mol. The van der Waals surface area contributed by atoms with E-state index in [1.807, 2.05) is 12.1 Å². The zero-order valence-electron chi connectivity index (χ0n) is 6.75. The van der Waals surface area contributed by atoms with Crippen LogP contribution in [0, 0.1) is 0 Å². The van der Waals surface area contributed by atoms with Crippen molar-refractivity contribution in [2.45, 2.75) is 0 Å². The van der Waals surface area contributed by atoms with Gasteiger partial charge in [-0.3, -0.25) is 9.78 Å². The molecule has 0 amide bonds. The summed E-state index contributed by atoms with van der Waals surface area (Å²) in [6.45, 7) is 0. The summed E-state index contributed by atoms with van der Waals surface area (Å²) < 4.78 is 0.974. The summed E-state index contributed by atoms with van der Waals surface area (Å²) >= 11 is 10.3. The molecule has 3 nitrogen and oxygen atoms in total. The van der Waals surface area contributed by atoms with Crippen LogP contribution in [-0.4, -0.2) is 9.97 Å². The Balaban J connectivity index is 2.57. The third-order valence-corrected chi connectivity index (χ3v) is 3.46. The molecule has 2 aromatic rings. The van der Waals surface area contributed by atoms with E-state index < -0.39 is 0 Å². The smallest absolute Gasteiger partial charge is 0.260 e. The van der Waals surface area contributed by atoms with Gasteiger partial charge in [-0.25, -0.2) is 4.98 Å². The minimum absolute atomic E-state index is 0.106. The molecule has 2 heterocycles. The van der Waals surface area contributed by atoms with Gasteiger partial charge in [0.15, 0.2) is 0 Å². The normalized spacial score (nSPS) is 10.4. The molecule has 2 aromatic heterocycles. The van der Waals surface area contributed by atoms with Gasteiger partial charge in [0.2, 0.25) is 5.28 Å². The Bertz CT molecular complexity index is 522. The van der Waals surface area contributed by atoms with Crippen molar-refractivity contribution in [1.29, 1.82) is 0 Å². The second-order valence-corrected chi connectivity index (χ2v) is 5.34. The van der Waals surface area contributed by atoms with E-state index in [0.717, 1.165) is 8.66 Å². The monoisotopic (exact) mass is 290 g/mol. The number of aromatic amines is 1. The number of hydrogen-bond acceptors (Lipinski definition) is 3. The summed E-state index contributed by atoms with van der Waals surface area (Å²) in [5, 5.41) is 0.106. The first kappa shape index (κ1) is 9.89. The first-order chi connectivity index (χ1) is 6.66. The molecular formula is C8H4BrClN2OS. The van der Waals surface area contributed by atoms with Crippen molar-refractivity contribution in [3.63, 3.8) is 0 Å². The Kier molecular flexibility index (Phi) is 2.71. The summed E-state index contributed by atoms with van der Waals surface area (Å²) in [7, 11) is 0. The molecule has 0 bridgehead atoms. The molecule has 6 heteroatoms. The molecule has 0 unspecified atom stereocenters. The molecule has 0 aliphatic heterocycles. The van der Waals surface area contributed by atoms with Gasteiger partial charge < -0.3 is 0 Å². The summed E-state index contributed by atoms with van der Waals surface area (Å²) in [5.41, 5.74) is 0.310. The van der Waals surface area contributed by atoms with Gasteiger partial charge in [0, 0.05) is 11.1 Å². The van der Waals surface area contributed by atoms with Crippen molar-refractivity contribution in [2.24, 2.45) is 0 Å². The number of nitrogens with zero attached hydrogens (tertiary/aromatic N) is 1. The maximum atomic E-state index is 11.5. The predicted molar refractivity (Wildman–Crippen MR) is 60.9 cm³/mol. The lowest BCUT2D eigenvalue weighted by Crippen LogP contribution is -2.08. The van der Waals surface area contributed by atoms with Crippen LogP contribution in [0.5, 0.6) is 0 Å². The first-order valence-electron chi connectivity index (χ1n) is 3.67. The zero-order valence-corrected chi connectivity index (χ0v) is 9.91. The Morgan fingerprint density at radius 1 is 1.50 bits per heavy atom. The Morgan fingerprint density at radius 3 is 2.86 bits per heavy atom. The van der Waals surface area contributed by atoms with Crippen molar-refractivity contribution in [3.8, 4) is 10.4 Å². The molecule has 0 aliphatic rings. The Morgan fingerprint density at radius 2 is 2.29 bits per heavy atom. The van der Waals surface area contributed by atoms with Gasteiger partial charge in [0.05, 0.1) is 9.35 Å². The maximum absolute atomic E-state index is 11.5. The second-order valence-electron chi connectivity index (χ2n) is 2.52. The highest BCUT2D eigenvalue weighted by Gasteiger charge is 2.06. The molecule has 0 saturated carbocycles. The molecule has 0 aromatic carbocycles. The molecule has 0 aliphatic carbocycles. The highest BCUT2D eigenvalue weighted by atomic mass is 79.9. The van der Waals surface area contributed by atoms with E-state index in [2.05, 4.69) is 25.9 Å². The minimum atomic E-state index is -0.223. The summed E-state index contributed by atoms with van der Waals surface area (Å²) in [5.74, 6) is 0. The van der Waals surface area contributed by atoms with E-state index in [4.69, 9.17) is 11.6 Å². The molecule has 1 N–H and O–H groups in total. The van der Waals surface area contributed by atoms with Crippen molar-refractivity contribution in [2.75, 3.05) is 0 Å². The van der Waals surface area contributed by atoms with Crippen molar-refractivity contribution >= 4 is 38.9 Å². The van der Waals surface area contributed by atoms with Crippen LogP contribution in [-0.2, 0) is 0 Å². The fraction of sp³-hybridized carbons (Fsp3) is 0. The number of thiophene rings is 1. The topological polar surface area (TPSA) is 45.8 Å². The van der Waals surface area contributed by atoms with Crippen LogP contribution in [0.4, 0.5) is 0 Å². The molecule has 0 saturated heterocycles. The van der Waals surface area contributed by atoms with Gasteiger partial charge in [0.1, 0.15) is 0 Å². The van der Waals surface area contributed by atoms with E-state index >= 15 is 0 Å². The van der Waals surface area contributed by atoms with Gasteiger partial charge in [-0.05, 0) is 39.7 Å². The number of H-pyrrole nitrogens is 1. The van der Waals surface area contributed by atoms with Gasteiger partial charge in [-0.2, -0.15) is 0 Å². The van der Waals surface area contributed by atoms with Gasteiger partial charge >= 0.3 is 0 Å². The fourth-order valence-corrected chi connectivity index (χ4v) is 2.54. The first-order valence-corrected chi connectivity index (χ1v) is 5.66. The van der Waals surface area contributed by atoms with Crippen LogP contribution in [0.2, 0.25) is 5.28 Å². The molecular weight excluding hydrogens is 288 g/mol. The van der Waals surface area contributed by atoms with Crippen LogP contribution in [0.3, 0.4) is 0 Å². The predicted octanol–water partition coefficient (Wildman–Crippen LogP) is 2.91. The van der Waals surface area contributed by atoms with Crippen molar-refractivity contribution in [3.05, 3.63) is 37.8 Å². The van der Waals surface area contributed by atoms with Gasteiger partial charge in [-0.15, -0.1) is 11.3 Å². The summed E-state index contributed by atoms with van der Waals surface area (Å²) in [6.07, 6.45) is 1.47. The zero-order chi connectivity index (χ0) is 10.1. The lowest BCUT2D eigenvalue weighted by molar-refractivity contribution is 1.12. The summed E-state index contributed by atoms with van der Waals surface area (Å²) in [4.78, 5) is 18.6. The van der Waals surface area contributed by atoms with Gasteiger partial charge in [-0.1, -0.05) is 0 Å². The Labute approximate surface area is 96.9 Å². The fourth-order valence-electron chi connectivity index (χ4n) is 1.01. The third kappa shape index (κ3) is 1.89. The molecule has 2 rings (SSSR count). The van der Waals surface area contributed by atoms with Crippen LogP contribution in [0.15, 0.2) is 26.9 Å². The number of halogens is 2. The van der Waals surface area contributed by atoms with E-state index in [9.17, 15) is 4.79 Å². The molecule has 14 heavy (non-hydrogen) atoms. The molecule has 0 spiro atoms. The number of aromatic nitrogens is 2. The van der Waals surface area contributed by atoms with E-state index in [0.29, 0.717) is 5.56 Å². The largest absolute Gasteiger partial charge is 0.297 e. The van der Waals surface area contributed by atoms with Crippen molar-refractivity contribution in [1.82, 2.24) is 9.97 Å². The van der Waals surface area contributed by atoms with E-state index in [1.54, 1.807) is 0 Å². The highest BCUT2D eigenvalue weighted by Crippen LogP contribution is 2.28. The highest BCUT2D eigenvalue weighted by molar-refractivity contribution is 9.11. The standard InChI is InChI=1S/C8H4BrClN2OS/c9-6-2-1-5(14-6)4-3-11-8(10)12-7(4)13/h1-3H,(H,11,12,13). The number of rotatable bonds is 1. The van der Waals surface area contributed by atoms with E-state index in [1.165, 1.54) is 17.5 Å². The lowest BCUT2D eigenvalue weighted by Gasteiger charge is -1.94. The maximum Gasteiger partial charge on any atom is 0.260 e. The number of hydrogen-bond donors (Lipinski definition) is 1. The molecule has 0 fully saturated rings. The average Bonchev–Trinajstić information content (AvgIpc) is 2.51. The quantitative estimate of drug-likeness (QED) is 0.821. The summed E-state index contributed by atoms with van der Waals surface area (Å²) in [6, 6.07) is 3.74. The second kappa shape index (κ2) is 3.84. The third-order valence-electron chi connectivity index (χ3n) is 1.61.